The van der Waals surface area contributed by atoms with Crippen molar-refractivity contribution >= 4 is 44.9 Å². The summed E-state index contributed by atoms with van der Waals surface area (Å²) in [6.45, 7) is -0.517. The fraction of sp³-hybridized carbons (Fsp3) is 0.579. The van der Waals surface area contributed by atoms with Crippen LogP contribution < -0.4 is 20.1 Å². The number of hydrogen-bond acceptors (Lipinski definition) is 10. The Bertz CT molecular complexity index is 2070. The van der Waals surface area contributed by atoms with Gasteiger partial charge in [0.25, 0.3) is 5.91 Å². The molecule has 1 spiro atoms. The van der Waals surface area contributed by atoms with Crippen LogP contribution in [0.4, 0.5) is 13.6 Å². The molecule has 3 aliphatic carbocycles. The zero-order valence-electron chi connectivity index (χ0n) is 30.2. The highest BCUT2D eigenvalue weighted by Crippen LogP contribution is 2.50. The van der Waals surface area contributed by atoms with Crippen molar-refractivity contribution in [3.63, 3.8) is 0 Å². The standard InChI is InChI=1S/C38H44F2N6O8S/c39-38(40)16-8-15-36(17-18-36)22-53-35(50)43-28-12-5-3-1-2-4-9-23-19-37(23,34(49)45-55(51,52)24-13-14-24)44-31(47)25-20-46(33(28)48)21-29(25)54-32-30(38)41-26-10-6-7-11-27(26)42-32/h4,6-11,16,23-25,28-29H,1-3,5,12-15,17-22H2,(H,43,50)(H,44,47)(H,45,49)/b9-4+,16-8+/t23-,25?,28+,29+,37-/m1/s1. The second kappa shape index (κ2) is 14.1. The summed E-state index contributed by atoms with van der Waals surface area (Å²) in [4.78, 5) is 65.5. The molecule has 5 atom stereocenters. The van der Waals surface area contributed by atoms with Gasteiger partial charge in [-0.25, -0.2) is 23.2 Å². The fourth-order valence-electron chi connectivity index (χ4n) is 7.78. The third kappa shape index (κ3) is 7.76. The number of alkyl halides is 2. The van der Waals surface area contributed by atoms with Gasteiger partial charge in [0.05, 0.1) is 35.4 Å². The summed E-state index contributed by atoms with van der Waals surface area (Å²) in [5, 5.41) is 4.84. The smallest absolute Gasteiger partial charge is 0.407 e. The normalized spacial score (nSPS) is 31.9. The summed E-state index contributed by atoms with van der Waals surface area (Å²) in [7, 11) is -3.95. The van der Waals surface area contributed by atoms with Gasteiger partial charge in [-0.3, -0.25) is 19.1 Å². The number of rotatable bonds is 3. The Kier molecular flexibility index (Phi) is 9.57. The van der Waals surface area contributed by atoms with Crippen LogP contribution in [0.2, 0.25) is 0 Å². The number of sulfonamides is 1. The number of allylic oxidation sites excluding steroid dienone is 3. The van der Waals surface area contributed by atoms with Crippen molar-refractivity contribution in [3.8, 4) is 5.88 Å². The number of hydrogen-bond donors (Lipinski definition) is 3. The van der Waals surface area contributed by atoms with Gasteiger partial charge >= 0.3 is 12.0 Å². The molecule has 294 valence electrons. The number of ether oxygens (including phenoxy) is 2. The number of carbonyl (C=O) groups excluding carboxylic acids is 4. The van der Waals surface area contributed by atoms with Crippen LogP contribution >= 0.6 is 0 Å². The molecule has 1 unspecified atom stereocenters. The second-order valence-corrected chi connectivity index (χ2v) is 17.8. The number of nitrogens with zero attached hydrogens (tertiary/aromatic N) is 3. The van der Waals surface area contributed by atoms with Crippen molar-refractivity contribution in [1.29, 1.82) is 0 Å². The lowest BCUT2D eigenvalue weighted by molar-refractivity contribution is -0.134. The van der Waals surface area contributed by atoms with Crippen molar-refractivity contribution in [2.24, 2.45) is 17.3 Å². The van der Waals surface area contributed by atoms with Gasteiger partial charge in [-0.2, -0.15) is 8.78 Å². The first-order valence-electron chi connectivity index (χ1n) is 19.0. The third-order valence-electron chi connectivity index (χ3n) is 11.7. The van der Waals surface area contributed by atoms with Gasteiger partial charge in [0.1, 0.15) is 17.7 Å². The highest BCUT2D eigenvalue weighted by Gasteiger charge is 2.62. The van der Waals surface area contributed by atoms with Crippen LogP contribution in [-0.2, 0) is 35.1 Å². The van der Waals surface area contributed by atoms with Gasteiger partial charge in [0, 0.05) is 17.9 Å². The van der Waals surface area contributed by atoms with Crippen molar-refractivity contribution in [2.75, 3.05) is 19.7 Å². The molecule has 4 heterocycles. The SMILES string of the molecule is O=C1N[C@H]2CCCCC/C=C/[C@@H]3C[C@@]3(C(=O)NS(=O)(=O)C3CC3)NC(=O)C3CN(C[C@@H]3Oc3nc4ccccc4nc3C(F)(F)/C=C/CC3(CC3)CO1)C2=O. The summed E-state index contributed by atoms with van der Waals surface area (Å²) in [5.41, 5.74) is -2.41. The lowest BCUT2D eigenvalue weighted by Crippen LogP contribution is -2.55. The average molecular weight is 783 g/mol. The molecule has 8 rings (SSSR count). The quantitative estimate of drug-likeness (QED) is 0.388. The predicted octanol–water partition coefficient (Wildman–Crippen LogP) is 3.77. The van der Waals surface area contributed by atoms with Crippen LogP contribution in [0.3, 0.4) is 0 Å². The maximum atomic E-state index is 16.2. The van der Waals surface area contributed by atoms with Crippen LogP contribution in [0.5, 0.6) is 5.88 Å². The molecule has 4 amide bonds. The Morgan fingerprint density at radius 2 is 1.75 bits per heavy atom. The summed E-state index contributed by atoms with van der Waals surface area (Å²) in [6, 6.07) is 5.44. The van der Waals surface area contributed by atoms with E-state index in [-0.39, 0.29) is 50.0 Å². The zero-order chi connectivity index (χ0) is 38.6. The molecule has 2 aromatic rings. The van der Waals surface area contributed by atoms with E-state index >= 15 is 8.78 Å². The van der Waals surface area contributed by atoms with Crippen molar-refractivity contribution in [2.45, 2.75) is 99.5 Å². The molecule has 1 saturated heterocycles. The maximum Gasteiger partial charge on any atom is 0.407 e. The Morgan fingerprint density at radius 3 is 2.49 bits per heavy atom. The van der Waals surface area contributed by atoms with Gasteiger partial charge in [0.2, 0.25) is 27.7 Å². The molecule has 0 radical (unpaired) electrons. The lowest BCUT2D eigenvalue weighted by atomic mass is 10.0. The van der Waals surface area contributed by atoms with Crippen LogP contribution in [0, 0.1) is 17.3 Å². The van der Waals surface area contributed by atoms with E-state index in [1.807, 2.05) is 6.08 Å². The number of aromatic nitrogens is 2. The van der Waals surface area contributed by atoms with Gasteiger partial charge in [0.15, 0.2) is 5.69 Å². The Balaban J connectivity index is 1.18. The first kappa shape index (κ1) is 37.3. The van der Waals surface area contributed by atoms with Gasteiger partial charge in [-0.1, -0.05) is 43.2 Å². The largest absolute Gasteiger partial charge is 0.470 e. The van der Waals surface area contributed by atoms with E-state index in [4.69, 9.17) is 9.47 Å². The molecule has 4 bridgehead atoms. The number of nitrogens with one attached hydrogen (secondary N) is 3. The third-order valence-corrected chi connectivity index (χ3v) is 13.5. The number of cyclic esters (lactones) is 1. The maximum absolute atomic E-state index is 16.2. The van der Waals surface area contributed by atoms with Crippen LogP contribution in [0.15, 0.2) is 48.6 Å². The average Bonchev–Trinajstić information content (AvgIpc) is 4.07. The van der Waals surface area contributed by atoms with Crippen molar-refractivity contribution in [1.82, 2.24) is 30.2 Å². The Labute approximate surface area is 316 Å². The highest BCUT2D eigenvalue weighted by molar-refractivity contribution is 7.91. The zero-order valence-corrected chi connectivity index (χ0v) is 31.0. The van der Waals surface area contributed by atoms with Crippen molar-refractivity contribution in [3.05, 3.63) is 54.3 Å². The fourth-order valence-corrected chi connectivity index (χ4v) is 9.14. The number of halogens is 2. The summed E-state index contributed by atoms with van der Waals surface area (Å²) in [5.74, 6) is -8.05. The predicted molar refractivity (Wildman–Crippen MR) is 193 cm³/mol. The molecule has 4 fully saturated rings. The summed E-state index contributed by atoms with van der Waals surface area (Å²) < 4.78 is 72.1. The molecule has 55 heavy (non-hydrogen) atoms. The van der Waals surface area contributed by atoms with E-state index < -0.39 is 91.5 Å². The molecule has 3 N–H and O–H groups in total. The first-order chi connectivity index (χ1) is 26.3. The van der Waals surface area contributed by atoms with E-state index in [0.717, 1.165) is 18.9 Å². The van der Waals surface area contributed by atoms with E-state index in [9.17, 15) is 27.6 Å². The lowest BCUT2D eigenvalue weighted by Gasteiger charge is -2.25. The minimum atomic E-state index is -3.95. The molecule has 1 aromatic carbocycles. The van der Waals surface area contributed by atoms with Crippen molar-refractivity contribution < 1.29 is 45.9 Å². The van der Waals surface area contributed by atoms with Crippen LogP contribution in [-0.4, -0.2) is 89.7 Å². The number of para-hydroxylation sites is 2. The van der Waals surface area contributed by atoms with Gasteiger partial charge in [-0.15, -0.1) is 0 Å². The van der Waals surface area contributed by atoms with Gasteiger partial charge in [-0.05, 0) is 76.0 Å². The summed E-state index contributed by atoms with van der Waals surface area (Å²) >= 11 is 0. The molecular weight excluding hydrogens is 739 g/mol. The molecule has 3 aliphatic heterocycles. The molecule has 1 aromatic heterocycles. The monoisotopic (exact) mass is 782 g/mol. The molecule has 14 nitrogen and oxygen atoms in total. The second-order valence-electron chi connectivity index (χ2n) is 15.9. The summed E-state index contributed by atoms with van der Waals surface area (Å²) in [6.07, 6.45) is 9.23. The first-order valence-corrected chi connectivity index (χ1v) is 20.6. The number of amides is 4. The van der Waals surface area contributed by atoms with E-state index in [1.54, 1.807) is 30.3 Å². The van der Waals surface area contributed by atoms with E-state index in [0.29, 0.717) is 38.5 Å². The van der Waals surface area contributed by atoms with Crippen LogP contribution in [0.25, 0.3) is 11.0 Å². The molecule has 6 aliphatic rings. The number of alkyl carbamates (subject to hydrolysis) is 1. The number of carbonyl (C=O) groups is 4. The number of fused-ring (bicyclic) bond motifs is 7. The van der Waals surface area contributed by atoms with E-state index in [2.05, 4.69) is 25.3 Å². The van der Waals surface area contributed by atoms with E-state index in [1.165, 1.54) is 11.0 Å². The van der Waals surface area contributed by atoms with Crippen LogP contribution in [0.1, 0.15) is 76.3 Å². The van der Waals surface area contributed by atoms with Gasteiger partial charge < -0.3 is 25.0 Å². The molecule has 17 heteroatoms. The topological polar surface area (TPSA) is 186 Å². The molecular formula is C38H44F2N6O8S. The molecule has 3 saturated carbocycles. The highest BCUT2D eigenvalue weighted by atomic mass is 32.2. The Morgan fingerprint density at radius 1 is 0.982 bits per heavy atom. The minimum absolute atomic E-state index is 0.0154. The Hall–Kier alpha value is -4.67. The minimum Gasteiger partial charge on any atom is -0.470 e. The number of benzene rings is 1.